The Morgan fingerprint density at radius 3 is 3.00 bits per heavy atom. The van der Waals surface area contributed by atoms with E-state index < -0.39 is 11.6 Å². The average Bonchev–Trinajstić information content (AvgIpc) is 2.80. The molecular formula is C11H10F2N4. The Morgan fingerprint density at radius 2 is 2.18 bits per heavy atom. The minimum Gasteiger partial charge on any atom is -0.315 e. The van der Waals surface area contributed by atoms with Crippen LogP contribution in [0.5, 0.6) is 0 Å². The predicted octanol–water partition coefficient (Wildman–Crippen LogP) is 1.25. The number of hydrogen-bond acceptors (Lipinski definition) is 3. The summed E-state index contributed by atoms with van der Waals surface area (Å²) in [5.41, 5.74) is 0.651. The normalized spacial score (nSPS) is 19.1. The number of hydrogen-bond donors (Lipinski definition) is 1. The largest absolute Gasteiger partial charge is 0.315 e. The third-order valence-corrected chi connectivity index (χ3v) is 2.88. The molecule has 1 atom stereocenters. The molecule has 17 heavy (non-hydrogen) atoms. The van der Waals surface area contributed by atoms with Crippen LogP contribution in [0.4, 0.5) is 8.78 Å². The first-order chi connectivity index (χ1) is 8.25. The second-order valence-electron chi connectivity index (χ2n) is 3.94. The van der Waals surface area contributed by atoms with Gasteiger partial charge in [0.25, 0.3) is 0 Å². The van der Waals surface area contributed by atoms with Gasteiger partial charge in [0, 0.05) is 13.1 Å². The van der Waals surface area contributed by atoms with Crippen LogP contribution >= 0.6 is 0 Å². The third-order valence-electron chi connectivity index (χ3n) is 2.88. The lowest BCUT2D eigenvalue weighted by molar-refractivity contribution is 0.450. The third kappa shape index (κ3) is 1.70. The van der Waals surface area contributed by atoms with E-state index in [0.29, 0.717) is 5.56 Å². The van der Waals surface area contributed by atoms with E-state index in [0.717, 1.165) is 25.0 Å². The number of benzene rings is 1. The van der Waals surface area contributed by atoms with E-state index in [-0.39, 0.29) is 6.04 Å². The van der Waals surface area contributed by atoms with Crippen LogP contribution in [-0.2, 0) is 6.54 Å². The number of halogens is 2. The van der Waals surface area contributed by atoms with Crippen LogP contribution < -0.4 is 5.32 Å². The lowest BCUT2D eigenvalue weighted by atomic mass is 10.0. The van der Waals surface area contributed by atoms with Crippen LogP contribution in [-0.4, -0.2) is 21.3 Å². The molecule has 0 aliphatic carbocycles. The summed E-state index contributed by atoms with van der Waals surface area (Å²) in [4.78, 5) is 0. The summed E-state index contributed by atoms with van der Waals surface area (Å²) < 4.78 is 28.0. The monoisotopic (exact) mass is 236 g/mol. The minimum atomic E-state index is -0.846. The molecule has 1 unspecified atom stereocenters. The van der Waals surface area contributed by atoms with Crippen molar-refractivity contribution in [3.8, 4) is 0 Å². The highest BCUT2D eigenvalue weighted by Gasteiger charge is 2.24. The highest BCUT2D eigenvalue weighted by molar-refractivity contribution is 5.27. The molecule has 0 radical (unpaired) electrons. The maximum atomic E-state index is 13.2. The van der Waals surface area contributed by atoms with Gasteiger partial charge in [-0.15, -0.1) is 10.2 Å². The van der Waals surface area contributed by atoms with Crippen molar-refractivity contribution in [3.05, 3.63) is 47.5 Å². The van der Waals surface area contributed by atoms with E-state index in [1.54, 1.807) is 12.4 Å². The van der Waals surface area contributed by atoms with Crippen LogP contribution in [0.15, 0.2) is 24.5 Å². The zero-order valence-corrected chi connectivity index (χ0v) is 8.90. The molecule has 88 valence electrons. The fourth-order valence-electron chi connectivity index (χ4n) is 2.04. The first-order valence-electron chi connectivity index (χ1n) is 5.32. The van der Waals surface area contributed by atoms with Crippen molar-refractivity contribution in [2.24, 2.45) is 0 Å². The molecule has 0 amide bonds. The van der Waals surface area contributed by atoms with Crippen molar-refractivity contribution < 1.29 is 8.78 Å². The van der Waals surface area contributed by atoms with Crippen molar-refractivity contribution in [3.63, 3.8) is 0 Å². The summed E-state index contributed by atoms with van der Waals surface area (Å²) >= 11 is 0. The molecule has 0 spiro atoms. The van der Waals surface area contributed by atoms with Crippen LogP contribution in [0.25, 0.3) is 0 Å². The second kappa shape index (κ2) is 3.89. The fraction of sp³-hybridized carbons (Fsp3) is 0.273. The number of fused-ring (bicyclic) bond motifs is 1. The van der Waals surface area contributed by atoms with Gasteiger partial charge in [0.2, 0.25) is 0 Å². The number of rotatable bonds is 1. The lowest BCUT2D eigenvalue weighted by Gasteiger charge is -2.24. The maximum Gasteiger partial charge on any atom is 0.159 e. The van der Waals surface area contributed by atoms with Crippen LogP contribution in [0, 0.1) is 11.6 Å². The molecule has 1 aliphatic rings. The topological polar surface area (TPSA) is 42.7 Å². The summed E-state index contributed by atoms with van der Waals surface area (Å²) in [6.07, 6.45) is 1.64. The van der Waals surface area contributed by atoms with E-state index in [4.69, 9.17) is 0 Å². The molecule has 6 heteroatoms. The van der Waals surface area contributed by atoms with E-state index in [1.165, 1.54) is 6.07 Å². The van der Waals surface area contributed by atoms with Gasteiger partial charge in [0.15, 0.2) is 17.5 Å². The first-order valence-corrected chi connectivity index (χ1v) is 5.32. The Hall–Kier alpha value is -1.82. The fourth-order valence-corrected chi connectivity index (χ4v) is 2.04. The van der Waals surface area contributed by atoms with Crippen LogP contribution in [0.1, 0.15) is 17.4 Å². The van der Waals surface area contributed by atoms with Gasteiger partial charge in [0.1, 0.15) is 6.33 Å². The van der Waals surface area contributed by atoms with Gasteiger partial charge in [0.05, 0.1) is 6.04 Å². The SMILES string of the molecule is Fc1ccc(C2NCCn3cnnc32)cc1F. The van der Waals surface area contributed by atoms with E-state index >= 15 is 0 Å². The quantitative estimate of drug-likeness (QED) is 0.810. The van der Waals surface area contributed by atoms with Gasteiger partial charge >= 0.3 is 0 Å². The van der Waals surface area contributed by atoms with E-state index in [2.05, 4.69) is 15.5 Å². The number of nitrogens with one attached hydrogen (secondary N) is 1. The van der Waals surface area contributed by atoms with Crippen molar-refractivity contribution in [1.82, 2.24) is 20.1 Å². The predicted molar refractivity (Wildman–Crippen MR) is 56.2 cm³/mol. The van der Waals surface area contributed by atoms with E-state index in [1.807, 2.05) is 4.57 Å². The first kappa shape index (κ1) is 10.3. The highest BCUT2D eigenvalue weighted by Crippen LogP contribution is 2.23. The van der Waals surface area contributed by atoms with Gasteiger partial charge in [-0.2, -0.15) is 0 Å². The molecule has 2 heterocycles. The Labute approximate surface area is 96.3 Å². The molecule has 1 N–H and O–H groups in total. The van der Waals surface area contributed by atoms with Gasteiger partial charge in [-0.3, -0.25) is 0 Å². The van der Waals surface area contributed by atoms with Gasteiger partial charge < -0.3 is 9.88 Å². The summed E-state index contributed by atoms with van der Waals surface area (Å²) in [5, 5.41) is 11.0. The highest BCUT2D eigenvalue weighted by atomic mass is 19.2. The van der Waals surface area contributed by atoms with Gasteiger partial charge in [-0.1, -0.05) is 6.07 Å². The van der Waals surface area contributed by atoms with Crippen molar-refractivity contribution in [2.45, 2.75) is 12.6 Å². The molecule has 0 saturated carbocycles. The average molecular weight is 236 g/mol. The number of nitrogens with zero attached hydrogens (tertiary/aromatic N) is 3. The molecular weight excluding hydrogens is 226 g/mol. The molecule has 0 bridgehead atoms. The van der Waals surface area contributed by atoms with Gasteiger partial charge in [-0.05, 0) is 17.7 Å². The molecule has 0 fully saturated rings. The van der Waals surface area contributed by atoms with Crippen molar-refractivity contribution in [1.29, 1.82) is 0 Å². The van der Waals surface area contributed by atoms with Gasteiger partial charge in [-0.25, -0.2) is 8.78 Å². The lowest BCUT2D eigenvalue weighted by Crippen LogP contribution is -2.34. The number of aromatic nitrogens is 3. The van der Waals surface area contributed by atoms with E-state index in [9.17, 15) is 8.78 Å². The molecule has 1 aromatic carbocycles. The Bertz CT molecular complexity index is 552. The van der Waals surface area contributed by atoms with Crippen LogP contribution in [0.2, 0.25) is 0 Å². The zero-order valence-electron chi connectivity index (χ0n) is 8.90. The Kier molecular flexibility index (Phi) is 2.36. The van der Waals surface area contributed by atoms with Crippen molar-refractivity contribution >= 4 is 0 Å². The standard InChI is InChI=1S/C11H10F2N4/c12-8-2-1-7(5-9(8)13)10-11-16-15-6-17(11)4-3-14-10/h1-2,5-6,10,14H,3-4H2. The zero-order chi connectivity index (χ0) is 11.8. The summed E-state index contributed by atoms with van der Waals surface area (Å²) in [6, 6.07) is 3.64. The molecule has 1 aromatic heterocycles. The Morgan fingerprint density at radius 1 is 1.29 bits per heavy atom. The molecule has 1 aliphatic heterocycles. The molecule has 0 saturated heterocycles. The Balaban J connectivity index is 2.03. The summed E-state index contributed by atoms with van der Waals surface area (Å²) in [6.45, 7) is 1.53. The summed E-state index contributed by atoms with van der Waals surface area (Å²) in [5.74, 6) is -0.964. The minimum absolute atomic E-state index is 0.235. The smallest absolute Gasteiger partial charge is 0.159 e. The van der Waals surface area contributed by atoms with Crippen LogP contribution in [0.3, 0.4) is 0 Å². The maximum absolute atomic E-state index is 13.2. The molecule has 4 nitrogen and oxygen atoms in total. The molecule has 2 aromatic rings. The van der Waals surface area contributed by atoms with Crippen molar-refractivity contribution in [2.75, 3.05) is 6.54 Å². The summed E-state index contributed by atoms with van der Waals surface area (Å²) in [7, 11) is 0. The molecule has 3 rings (SSSR count). The second-order valence-corrected chi connectivity index (χ2v) is 3.94.